The highest BCUT2D eigenvalue weighted by Gasteiger charge is 2.33. The second-order valence-corrected chi connectivity index (χ2v) is 6.61. The zero-order chi connectivity index (χ0) is 21.6. The van der Waals surface area contributed by atoms with Crippen molar-refractivity contribution in [1.29, 1.82) is 0 Å². The average molecular weight is 420 g/mol. The Morgan fingerprint density at radius 1 is 1.17 bits per heavy atom. The van der Waals surface area contributed by atoms with Gasteiger partial charge in [-0.15, -0.1) is 0 Å². The van der Waals surface area contributed by atoms with Crippen LogP contribution in [0.3, 0.4) is 0 Å². The van der Waals surface area contributed by atoms with Crippen LogP contribution in [0.15, 0.2) is 47.5 Å². The molecule has 30 heavy (non-hydrogen) atoms. The molecule has 1 atom stereocenters. The van der Waals surface area contributed by atoms with Crippen LogP contribution in [0.25, 0.3) is 16.9 Å². The number of alkyl halides is 2. The van der Waals surface area contributed by atoms with Gasteiger partial charge in [-0.1, -0.05) is 0 Å². The van der Waals surface area contributed by atoms with Crippen LogP contribution in [0.4, 0.5) is 17.6 Å². The van der Waals surface area contributed by atoms with Gasteiger partial charge in [-0.25, -0.2) is 18.8 Å². The van der Waals surface area contributed by atoms with Crippen molar-refractivity contribution >= 4 is 22.7 Å². The number of aliphatic imine (C=N–C) groups is 1. The standard InChI is InChI=1S/C19H16F4N6O/c1-9-26-13-4-3-11(20)7-14(13)29(9)17-8-16(24)27-19(25,28-17)10-2-5-15(12(21)6-10)30-18(22)23/h2-8,18,28H,25H2,1H3,(H2,24,27). The highest BCUT2D eigenvalue weighted by molar-refractivity contribution is 5.98. The lowest BCUT2D eigenvalue weighted by molar-refractivity contribution is -0.0522. The highest BCUT2D eigenvalue weighted by atomic mass is 19.3. The number of hydrogen-bond acceptors (Lipinski definition) is 6. The number of aromatic nitrogens is 2. The molecule has 1 unspecified atom stereocenters. The molecule has 4 rings (SSSR count). The van der Waals surface area contributed by atoms with Gasteiger partial charge in [0.1, 0.15) is 23.3 Å². The van der Waals surface area contributed by atoms with Crippen LogP contribution in [0.5, 0.6) is 5.75 Å². The fourth-order valence-corrected chi connectivity index (χ4v) is 3.29. The van der Waals surface area contributed by atoms with E-state index in [1.54, 1.807) is 11.5 Å². The zero-order valence-electron chi connectivity index (χ0n) is 15.5. The van der Waals surface area contributed by atoms with Crippen LogP contribution in [0.2, 0.25) is 0 Å². The Labute approximate surface area is 167 Å². The van der Waals surface area contributed by atoms with Gasteiger partial charge in [-0.3, -0.25) is 10.3 Å². The largest absolute Gasteiger partial charge is 0.432 e. The normalized spacial score (nSPS) is 18.9. The third-order valence-corrected chi connectivity index (χ3v) is 4.52. The molecule has 0 fully saturated rings. The summed E-state index contributed by atoms with van der Waals surface area (Å²) in [5.41, 5.74) is 13.4. The average Bonchev–Trinajstić information content (AvgIpc) is 2.97. The molecule has 0 bridgehead atoms. The number of ether oxygens (including phenoxy) is 1. The van der Waals surface area contributed by atoms with Gasteiger partial charge >= 0.3 is 6.61 Å². The third kappa shape index (κ3) is 3.43. The SMILES string of the molecule is Cc1nc2ccc(F)cc2n1C1=CC(N)=NC(N)(c2ccc(OC(F)F)c(F)c2)N1. The molecule has 0 aliphatic carbocycles. The van der Waals surface area contributed by atoms with Gasteiger partial charge in [0.2, 0.25) is 5.79 Å². The molecule has 0 spiro atoms. The van der Waals surface area contributed by atoms with Crippen LogP contribution < -0.4 is 21.5 Å². The molecule has 1 aliphatic rings. The monoisotopic (exact) mass is 420 g/mol. The first-order valence-electron chi connectivity index (χ1n) is 8.70. The number of nitrogens with two attached hydrogens (primary N) is 2. The van der Waals surface area contributed by atoms with E-state index in [0.717, 1.165) is 12.1 Å². The Balaban J connectivity index is 1.76. The molecule has 11 heteroatoms. The van der Waals surface area contributed by atoms with Crippen molar-refractivity contribution in [2.75, 3.05) is 0 Å². The summed E-state index contributed by atoms with van der Waals surface area (Å²) >= 11 is 0. The van der Waals surface area contributed by atoms with Gasteiger partial charge in [0.25, 0.3) is 0 Å². The van der Waals surface area contributed by atoms with Crippen molar-refractivity contribution in [3.63, 3.8) is 0 Å². The highest BCUT2D eigenvalue weighted by Crippen LogP contribution is 2.30. The molecule has 0 saturated carbocycles. The molecule has 156 valence electrons. The minimum absolute atomic E-state index is 0.0113. The van der Waals surface area contributed by atoms with Gasteiger partial charge in [-0.05, 0) is 37.3 Å². The second-order valence-electron chi connectivity index (χ2n) is 6.61. The zero-order valence-corrected chi connectivity index (χ0v) is 15.5. The number of rotatable bonds is 4. The summed E-state index contributed by atoms with van der Waals surface area (Å²) in [5.74, 6) is -3.02. The predicted molar refractivity (Wildman–Crippen MR) is 102 cm³/mol. The van der Waals surface area contributed by atoms with E-state index in [2.05, 4.69) is 20.0 Å². The number of imidazole rings is 1. The number of nitrogens with one attached hydrogen (secondary N) is 1. The Morgan fingerprint density at radius 2 is 1.93 bits per heavy atom. The lowest BCUT2D eigenvalue weighted by atomic mass is 10.1. The number of aryl methyl sites for hydroxylation is 1. The summed E-state index contributed by atoms with van der Waals surface area (Å²) in [6.45, 7) is -1.47. The quantitative estimate of drug-likeness (QED) is 0.563. The molecule has 2 aromatic carbocycles. The summed E-state index contributed by atoms with van der Waals surface area (Å²) in [6.07, 6.45) is 1.47. The van der Waals surface area contributed by atoms with E-state index in [0.29, 0.717) is 22.7 Å². The van der Waals surface area contributed by atoms with Crippen molar-refractivity contribution in [2.24, 2.45) is 16.5 Å². The Kier molecular flexibility index (Phi) is 4.61. The van der Waals surface area contributed by atoms with Crippen molar-refractivity contribution in [3.8, 4) is 5.75 Å². The predicted octanol–water partition coefficient (Wildman–Crippen LogP) is 2.75. The topological polar surface area (TPSA) is 103 Å². The van der Waals surface area contributed by atoms with Crippen LogP contribution in [-0.4, -0.2) is 22.0 Å². The molecule has 0 radical (unpaired) electrons. The summed E-state index contributed by atoms with van der Waals surface area (Å²) in [5, 5.41) is 2.94. The van der Waals surface area contributed by atoms with Gasteiger partial charge in [-0.2, -0.15) is 8.78 Å². The lowest BCUT2D eigenvalue weighted by Crippen LogP contribution is -2.52. The van der Waals surface area contributed by atoms with Crippen molar-refractivity contribution < 1.29 is 22.3 Å². The van der Waals surface area contributed by atoms with Gasteiger partial charge < -0.3 is 15.8 Å². The van der Waals surface area contributed by atoms with E-state index in [-0.39, 0.29) is 11.4 Å². The minimum Gasteiger partial charge on any atom is -0.432 e. The smallest absolute Gasteiger partial charge is 0.387 e. The summed E-state index contributed by atoms with van der Waals surface area (Å²) in [4.78, 5) is 8.50. The van der Waals surface area contributed by atoms with Crippen molar-refractivity contribution in [1.82, 2.24) is 14.9 Å². The molecule has 0 saturated heterocycles. The van der Waals surface area contributed by atoms with Gasteiger partial charge in [0.05, 0.1) is 11.0 Å². The molecule has 3 aromatic rings. The lowest BCUT2D eigenvalue weighted by Gasteiger charge is -2.33. The van der Waals surface area contributed by atoms with E-state index in [1.165, 1.54) is 30.3 Å². The van der Waals surface area contributed by atoms with Crippen molar-refractivity contribution in [2.45, 2.75) is 19.3 Å². The summed E-state index contributed by atoms with van der Waals surface area (Å²) in [7, 11) is 0. The first-order valence-corrected chi connectivity index (χ1v) is 8.70. The van der Waals surface area contributed by atoms with E-state index >= 15 is 0 Å². The summed E-state index contributed by atoms with van der Waals surface area (Å²) < 4.78 is 58.5. The molecule has 7 nitrogen and oxygen atoms in total. The fraction of sp³-hybridized carbons (Fsp3) is 0.158. The second kappa shape index (κ2) is 7.02. The Hall–Kier alpha value is -3.60. The summed E-state index contributed by atoms with van der Waals surface area (Å²) in [6, 6.07) is 7.34. The van der Waals surface area contributed by atoms with Crippen LogP contribution in [-0.2, 0) is 5.79 Å². The molecular formula is C19H16F4N6O. The number of benzene rings is 2. The Morgan fingerprint density at radius 3 is 2.63 bits per heavy atom. The maximum absolute atomic E-state index is 14.2. The number of halogens is 4. The molecule has 1 aromatic heterocycles. The number of fused-ring (bicyclic) bond motifs is 1. The van der Waals surface area contributed by atoms with Crippen molar-refractivity contribution in [3.05, 3.63) is 65.5 Å². The van der Waals surface area contributed by atoms with Crippen LogP contribution >= 0.6 is 0 Å². The van der Waals surface area contributed by atoms with Gasteiger partial charge in [0, 0.05) is 17.7 Å². The van der Waals surface area contributed by atoms with Crippen LogP contribution in [0.1, 0.15) is 11.4 Å². The van der Waals surface area contributed by atoms with E-state index in [9.17, 15) is 17.6 Å². The maximum atomic E-state index is 14.2. The molecule has 0 amide bonds. The van der Waals surface area contributed by atoms with E-state index in [4.69, 9.17) is 11.5 Å². The number of nitrogens with zero attached hydrogens (tertiary/aromatic N) is 3. The molecular weight excluding hydrogens is 404 g/mol. The Bertz CT molecular complexity index is 1210. The first kappa shape index (κ1) is 19.7. The van der Waals surface area contributed by atoms with Crippen LogP contribution in [0, 0.1) is 18.6 Å². The maximum Gasteiger partial charge on any atom is 0.387 e. The molecule has 5 N–H and O–H groups in total. The third-order valence-electron chi connectivity index (χ3n) is 4.52. The fourth-order valence-electron chi connectivity index (χ4n) is 3.29. The molecule has 1 aliphatic heterocycles. The number of amidine groups is 1. The van der Waals surface area contributed by atoms with Gasteiger partial charge in [0.15, 0.2) is 11.6 Å². The first-order chi connectivity index (χ1) is 14.2. The number of hydrogen-bond donors (Lipinski definition) is 3. The van der Waals surface area contributed by atoms with E-state index in [1.807, 2.05) is 0 Å². The molecule has 2 heterocycles. The minimum atomic E-state index is -3.17. The van der Waals surface area contributed by atoms with E-state index < -0.39 is 29.8 Å².